The van der Waals surface area contributed by atoms with Gasteiger partial charge >= 0.3 is 12.4 Å². The fourth-order valence-electron chi connectivity index (χ4n) is 4.44. The van der Waals surface area contributed by atoms with E-state index in [-0.39, 0.29) is 11.6 Å². The lowest BCUT2D eigenvalue weighted by atomic mass is 10.0. The number of hydrogen-bond acceptors (Lipinski definition) is 4. The van der Waals surface area contributed by atoms with Crippen LogP contribution in [-0.2, 0) is 25.4 Å². The minimum absolute atomic E-state index is 0.102. The van der Waals surface area contributed by atoms with Gasteiger partial charge in [0.25, 0.3) is 0 Å². The van der Waals surface area contributed by atoms with E-state index in [1.165, 1.54) is 4.68 Å². The normalized spacial score (nSPS) is 12.2. The molecule has 0 fully saturated rings. The molecule has 40 heavy (non-hydrogen) atoms. The van der Waals surface area contributed by atoms with Crippen molar-refractivity contribution >= 4 is 0 Å². The maximum Gasteiger partial charge on any atom is 0.416 e. The molecule has 5 rings (SSSR count). The molecule has 6 nitrogen and oxygen atoms in total. The molecule has 5 aromatic rings. The number of aryl methyl sites for hydroxylation is 2. The highest BCUT2D eigenvalue weighted by Gasteiger charge is 2.37. The highest BCUT2D eigenvalue weighted by atomic mass is 19.4. The average Bonchev–Trinajstić information content (AvgIpc) is 3.47. The Hall–Kier alpha value is -4.48. The van der Waals surface area contributed by atoms with Crippen molar-refractivity contribution in [2.24, 2.45) is 0 Å². The molecule has 2 aromatic heterocycles. The SMILES string of the molecule is Cc1ccccc1Cn1c(C)nnc1-c1nnn(Cc2cc(C(F)(F)F)cc(C(F)(F)F)c2)c1-c1ccccc1. The largest absolute Gasteiger partial charge is 0.416 e. The van der Waals surface area contributed by atoms with Crippen LogP contribution in [0.4, 0.5) is 26.3 Å². The molecule has 0 spiro atoms. The second kappa shape index (κ2) is 10.2. The van der Waals surface area contributed by atoms with Crippen LogP contribution in [0, 0.1) is 13.8 Å². The summed E-state index contributed by atoms with van der Waals surface area (Å²) < 4.78 is 84.0. The van der Waals surface area contributed by atoms with E-state index in [4.69, 9.17) is 0 Å². The summed E-state index contributed by atoms with van der Waals surface area (Å²) in [5, 5.41) is 17.0. The van der Waals surface area contributed by atoms with Crippen molar-refractivity contribution in [3.63, 3.8) is 0 Å². The standard InChI is InChI=1S/C28H22F6N6/c1-17-8-6-7-11-21(17)16-39-18(2)35-37-26(39)24-25(20-9-4-3-5-10-20)40(38-36-24)15-19-12-22(27(29,30)31)14-23(13-19)28(32,33)34/h3-14H,15-16H2,1-2H3. The van der Waals surface area contributed by atoms with E-state index in [0.29, 0.717) is 47.3 Å². The van der Waals surface area contributed by atoms with Crippen LogP contribution in [0.15, 0.2) is 72.8 Å². The van der Waals surface area contributed by atoms with E-state index < -0.39 is 30.0 Å². The van der Waals surface area contributed by atoms with Gasteiger partial charge in [-0.1, -0.05) is 59.8 Å². The zero-order valence-electron chi connectivity index (χ0n) is 21.3. The van der Waals surface area contributed by atoms with Crippen LogP contribution in [-0.4, -0.2) is 29.8 Å². The van der Waals surface area contributed by atoms with Gasteiger partial charge in [0.05, 0.1) is 24.2 Å². The van der Waals surface area contributed by atoms with Crippen molar-refractivity contribution in [3.05, 3.63) is 106 Å². The van der Waals surface area contributed by atoms with E-state index in [0.717, 1.165) is 11.1 Å². The Kier molecular flexibility index (Phi) is 6.94. The molecule has 0 radical (unpaired) electrons. The van der Waals surface area contributed by atoms with Crippen molar-refractivity contribution in [3.8, 4) is 22.8 Å². The van der Waals surface area contributed by atoms with Gasteiger partial charge in [0.2, 0.25) is 0 Å². The van der Waals surface area contributed by atoms with Gasteiger partial charge in [-0.15, -0.1) is 15.3 Å². The van der Waals surface area contributed by atoms with Crippen LogP contribution >= 0.6 is 0 Å². The van der Waals surface area contributed by atoms with E-state index in [9.17, 15) is 26.3 Å². The van der Waals surface area contributed by atoms with Crippen LogP contribution < -0.4 is 0 Å². The van der Waals surface area contributed by atoms with Crippen molar-refractivity contribution in [2.45, 2.75) is 39.3 Å². The van der Waals surface area contributed by atoms with Crippen molar-refractivity contribution in [1.82, 2.24) is 29.8 Å². The highest BCUT2D eigenvalue weighted by Crippen LogP contribution is 2.37. The quantitative estimate of drug-likeness (QED) is 0.212. The third-order valence-electron chi connectivity index (χ3n) is 6.50. The van der Waals surface area contributed by atoms with Gasteiger partial charge in [-0.2, -0.15) is 26.3 Å². The molecule has 2 heterocycles. The van der Waals surface area contributed by atoms with Crippen LogP contribution in [0.2, 0.25) is 0 Å². The summed E-state index contributed by atoms with van der Waals surface area (Å²) in [4.78, 5) is 0. The summed E-state index contributed by atoms with van der Waals surface area (Å²) in [6.07, 6.45) is -9.93. The van der Waals surface area contributed by atoms with Gasteiger partial charge in [-0.3, -0.25) is 0 Å². The molecule has 12 heteroatoms. The van der Waals surface area contributed by atoms with Gasteiger partial charge in [0.15, 0.2) is 11.5 Å². The molecule has 0 saturated heterocycles. The van der Waals surface area contributed by atoms with E-state index in [2.05, 4.69) is 20.5 Å². The minimum atomic E-state index is -4.96. The first-order valence-corrected chi connectivity index (χ1v) is 12.1. The Balaban J connectivity index is 1.64. The summed E-state index contributed by atoms with van der Waals surface area (Å²) in [6, 6.07) is 18.1. The number of benzene rings is 3. The lowest BCUT2D eigenvalue weighted by molar-refractivity contribution is -0.143. The van der Waals surface area contributed by atoms with Crippen molar-refractivity contribution in [1.29, 1.82) is 0 Å². The van der Waals surface area contributed by atoms with Crippen LogP contribution in [0.3, 0.4) is 0 Å². The fourth-order valence-corrected chi connectivity index (χ4v) is 4.44. The Morgan fingerprint density at radius 2 is 1.32 bits per heavy atom. The lowest BCUT2D eigenvalue weighted by Crippen LogP contribution is -2.13. The average molecular weight is 557 g/mol. The van der Waals surface area contributed by atoms with Gasteiger partial charge in [-0.05, 0) is 48.7 Å². The first kappa shape index (κ1) is 27.1. The Labute approximate surface area is 224 Å². The smallest absolute Gasteiger partial charge is 0.305 e. The molecule has 206 valence electrons. The predicted octanol–water partition coefficient (Wildman–Crippen LogP) is 6.95. The molecule has 0 atom stereocenters. The molecule has 0 aliphatic heterocycles. The Morgan fingerprint density at radius 3 is 1.95 bits per heavy atom. The number of alkyl halides is 6. The molecular weight excluding hydrogens is 534 g/mol. The second-order valence-electron chi connectivity index (χ2n) is 9.31. The first-order valence-electron chi connectivity index (χ1n) is 12.1. The van der Waals surface area contributed by atoms with Gasteiger partial charge in [-0.25, -0.2) is 4.68 Å². The summed E-state index contributed by atoms with van der Waals surface area (Å²) in [7, 11) is 0. The fraction of sp³-hybridized carbons (Fsp3) is 0.214. The third-order valence-corrected chi connectivity index (χ3v) is 6.50. The second-order valence-corrected chi connectivity index (χ2v) is 9.31. The van der Waals surface area contributed by atoms with Gasteiger partial charge in [0.1, 0.15) is 11.5 Å². The summed E-state index contributed by atoms with van der Waals surface area (Å²) in [5.74, 6) is 0.963. The van der Waals surface area contributed by atoms with Crippen LogP contribution in [0.25, 0.3) is 22.8 Å². The maximum absolute atomic E-state index is 13.5. The number of halogens is 6. The number of nitrogens with zero attached hydrogens (tertiary/aromatic N) is 6. The Morgan fingerprint density at radius 1 is 0.700 bits per heavy atom. The molecule has 0 aliphatic carbocycles. The van der Waals surface area contributed by atoms with E-state index in [1.807, 2.05) is 35.8 Å². The molecule has 0 amide bonds. The topological polar surface area (TPSA) is 61.4 Å². The third kappa shape index (κ3) is 5.47. The molecule has 0 bridgehead atoms. The first-order chi connectivity index (χ1) is 18.9. The number of aromatic nitrogens is 6. The summed E-state index contributed by atoms with van der Waals surface area (Å²) >= 11 is 0. The van der Waals surface area contributed by atoms with E-state index in [1.54, 1.807) is 37.3 Å². The molecule has 0 unspecified atom stereocenters. The molecule has 0 saturated carbocycles. The summed E-state index contributed by atoms with van der Waals surface area (Å²) in [5.41, 5.74) is 0.331. The Bertz CT molecular complexity index is 1620. The zero-order valence-corrected chi connectivity index (χ0v) is 21.3. The zero-order chi connectivity index (χ0) is 28.7. The van der Waals surface area contributed by atoms with E-state index >= 15 is 0 Å². The number of hydrogen-bond donors (Lipinski definition) is 0. The lowest BCUT2D eigenvalue weighted by Gasteiger charge is -2.15. The van der Waals surface area contributed by atoms with Crippen LogP contribution in [0.1, 0.15) is 33.6 Å². The summed E-state index contributed by atoms with van der Waals surface area (Å²) in [6.45, 7) is 3.78. The number of rotatable bonds is 6. The molecular formula is C28H22F6N6. The molecule has 0 N–H and O–H groups in total. The predicted molar refractivity (Wildman–Crippen MR) is 135 cm³/mol. The minimum Gasteiger partial charge on any atom is -0.305 e. The van der Waals surface area contributed by atoms with Crippen molar-refractivity contribution < 1.29 is 26.3 Å². The monoisotopic (exact) mass is 556 g/mol. The van der Waals surface area contributed by atoms with Gasteiger partial charge < -0.3 is 4.57 Å². The molecule has 3 aromatic carbocycles. The van der Waals surface area contributed by atoms with Crippen molar-refractivity contribution in [2.75, 3.05) is 0 Å². The molecule has 0 aliphatic rings. The van der Waals surface area contributed by atoms with Crippen LogP contribution in [0.5, 0.6) is 0 Å². The highest BCUT2D eigenvalue weighted by molar-refractivity contribution is 5.75. The van der Waals surface area contributed by atoms with Gasteiger partial charge in [0, 0.05) is 5.56 Å². The maximum atomic E-state index is 13.5.